The third-order valence-electron chi connectivity index (χ3n) is 6.22. The highest BCUT2D eigenvalue weighted by atomic mass is 16.7. The standard InChI is InChI=1S/C31H20O8/c32-26-24-20(13-7-15-22(24)38-30(28(26)34)18-9-3-1-4-10-18)36-17-37-21-14-8-16-23-25(21)27(33)29(35)31(39-23)19-11-5-2-6-12-19/h1-16,34-35H,17H2. The number of ether oxygens (including phenoxy) is 2. The van der Waals surface area contributed by atoms with Crippen LogP contribution in [0.1, 0.15) is 0 Å². The molecule has 39 heavy (non-hydrogen) atoms. The van der Waals surface area contributed by atoms with Crippen molar-refractivity contribution < 1.29 is 28.5 Å². The predicted molar refractivity (Wildman–Crippen MR) is 145 cm³/mol. The first kappa shape index (κ1) is 23.9. The molecule has 0 saturated heterocycles. The summed E-state index contributed by atoms with van der Waals surface area (Å²) >= 11 is 0. The van der Waals surface area contributed by atoms with Gasteiger partial charge in [-0.3, -0.25) is 9.59 Å². The average molecular weight is 520 g/mol. The molecule has 4 aromatic carbocycles. The summed E-state index contributed by atoms with van der Waals surface area (Å²) in [5.41, 5.74) is 0.232. The minimum absolute atomic E-state index is 0.0425. The van der Waals surface area contributed by atoms with Gasteiger partial charge in [-0.2, -0.15) is 0 Å². The number of benzene rings is 4. The highest BCUT2D eigenvalue weighted by molar-refractivity contribution is 5.88. The van der Waals surface area contributed by atoms with E-state index in [1.165, 1.54) is 0 Å². The molecule has 6 aromatic rings. The third-order valence-corrected chi connectivity index (χ3v) is 6.22. The molecule has 0 aliphatic carbocycles. The zero-order valence-electron chi connectivity index (χ0n) is 20.3. The summed E-state index contributed by atoms with van der Waals surface area (Å²) in [6, 6.07) is 27.2. The maximum absolute atomic E-state index is 13.1. The van der Waals surface area contributed by atoms with Crippen LogP contribution in [0.4, 0.5) is 0 Å². The fourth-order valence-corrected chi connectivity index (χ4v) is 4.37. The molecule has 0 amide bonds. The van der Waals surface area contributed by atoms with E-state index < -0.39 is 22.4 Å². The molecule has 0 radical (unpaired) electrons. The van der Waals surface area contributed by atoms with Crippen LogP contribution in [-0.2, 0) is 0 Å². The predicted octanol–water partition coefficient (Wildman–Crippen LogP) is 6.06. The highest BCUT2D eigenvalue weighted by Crippen LogP contribution is 2.35. The van der Waals surface area contributed by atoms with Crippen LogP contribution in [0, 0.1) is 0 Å². The van der Waals surface area contributed by atoms with E-state index in [2.05, 4.69) is 0 Å². The summed E-state index contributed by atoms with van der Waals surface area (Å²) in [5, 5.41) is 21.3. The van der Waals surface area contributed by atoms with Gasteiger partial charge >= 0.3 is 0 Å². The summed E-state index contributed by atoms with van der Waals surface area (Å²) in [6.45, 7) is -0.389. The zero-order valence-corrected chi connectivity index (χ0v) is 20.3. The van der Waals surface area contributed by atoms with Crippen molar-refractivity contribution in [1.82, 2.24) is 0 Å². The monoisotopic (exact) mass is 520 g/mol. The SMILES string of the molecule is O=c1c(O)c(-c2ccccc2)oc2cccc(OCOc3cccc4oc(-c5ccccc5)c(O)c(=O)c34)c12. The van der Waals surface area contributed by atoms with E-state index in [1.54, 1.807) is 84.9 Å². The van der Waals surface area contributed by atoms with Crippen molar-refractivity contribution in [2.24, 2.45) is 0 Å². The Balaban J connectivity index is 1.32. The van der Waals surface area contributed by atoms with Crippen molar-refractivity contribution >= 4 is 21.9 Å². The van der Waals surface area contributed by atoms with Gasteiger partial charge in [0.25, 0.3) is 0 Å². The molecule has 2 N–H and O–H groups in total. The minimum atomic E-state index is -0.658. The molecule has 0 aliphatic heterocycles. The fourth-order valence-electron chi connectivity index (χ4n) is 4.37. The van der Waals surface area contributed by atoms with Gasteiger partial charge < -0.3 is 28.5 Å². The first-order valence-electron chi connectivity index (χ1n) is 12.0. The Bertz CT molecular complexity index is 1800. The van der Waals surface area contributed by atoms with Crippen molar-refractivity contribution in [2.45, 2.75) is 0 Å². The molecule has 2 aromatic heterocycles. The Morgan fingerprint density at radius 1 is 0.538 bits per heavy atom. The van der Waals surface area contributed by atoms with Crippen LogP contribution in [0.5, 0.6) is 23.0 Å². The molecule has 0 atom stereocenters. The number of aromatic hydroxyl groups is 2. The van der Waals surface area contributed by atoms with Crippen molar-refractivity contribution in [3.63, 3.8) is 0 Å². The molecule has 0 spiro atoms. The van der Waals surface area contributed by atoms with Gasteiger partial charge in [0.15, 0.2) is 11.5 Å². The van der Waals surface area contributed by atoms with E-state index in [-0.39, 0.29) is 51.8 Å². The lowest BCUT2D eigenvalue weighted by molar-refractivity contribution is 0.122. The molecule has 0 aliphatic rings. The second kappa shape index (κ2) is 9.75. The fraction of sp³-hybridized carbons (Fsp3) is 0.0323. The molecular formula is C31H20O8. The molecular weight excluding hydrogens is 500 g/mol. The van der Waals surface area contributed by atoms with Gasteiger partial charge in [-0.25, -0.2) is 0 Å². The maximum Gasteiger partial charge on any atom is 0.238 e. The van der Waals surface area contributed by atoms with Gasteiger partial charge in [0, 0.05) is 11.1 Å². The summed E-state index contributed by atoms with van der Waals surface area (Å²) in [4.78, 5) is 26.1. The number of hydrogen-bond acceptors (Lipinski definition) is 8. The Hall–Kier alpha value is -5.50. The van der Waals surface area contributed by atoms with Crippen molar-refractivity contribution in [2.75, 3.05) is 6.79 Å². The number of rotatable bonds is 6. The van der Waals surface area contributed by atoms with Gasteiger partial charge in [-0.15, -0.1) is 0 Å². The van der Waals surface area contributed by atoms with E-state index in [4.69, 9.17) is 18.3 Å². The Labute approximate surface area is 220 Å². The van der Waals surface area contributed by atoms with Crippen LogP contribution < -0.4 is 20.3 Å². The highest BCUT2D eigenvalue weighted by Gasteiger charge is 2.20. The smallest absolute Gasteiger partial charge is 0.238 e. The molecule has 8 heteroatoms. The minimum Gasteiger partial charge on any atom is -0.502 e. The topological polar surface area (TPSA) is 119 Å². The van der Waals surface area contributed by atoms with Crippen LogP contribution in [0.15, 0.2) is 115 Å². The van der Waals surface area contributed by atoms with E-state index in [0.717, 1.165) is 0 Å². The maximum atomic E-state index is 13.1. The lowest BCUT2D eigenvalue weighted by Gasteiger charge is -2.13. The summed E-state index contributed by atoms with van der Waals surface area (Å²) in [6.07, 6.45) is 0. The van der Waals surface area contributed by atoms with Crippen LogP contribution in [0.25, 0.3) is 44.6 Å². The normalized spacial score (nSPS) is 11.1. The van der Waals surface area contributed by atoms with Crippen molar-refractivity contribution in [1.29, 1.82) is 0 Å². The second-order valence-corrected chi connectivity index (χ2v) is 8.61. The zero-order chi connectivity index (χ0) is 26.9. The number of fused-ring (bicyclic) bond motifs is 2. The number of hydrogen-bond donors (Lipinski definition) is 2. The summed E-state index contributed by atoms with van der Waals surface area (Å²) < 4.78 is 23.1. The largest absolute Gasteiger partial charge is 0.502 e. The first-order valence-corrected chi connectivity index (χ1v) is 12.0. The Kier molecular flexibility index (Phi) is 5.97. The molecule has 0 unspecified atom stereocenters. The summed E-state index contributed by atoms with van der Waals surface area (Å²) in [5.74, 6) is -0.725. The third kappa shape index (κ3) is 4.23. The quantitative estimate of drug-likeness (QED) is 0.254. The van der Waals surface area contributed by atoms with E-state index >= 15 is 0 Å². The van der Waals surface area contributed by atoms with E-state index in [1.807, 2.05) is 12.1 Å². The van der Waals surface area contributed by atoms with Crippen molar-refractivity contribution in [3.8, 4) is 45.6 Å². The van der Waals surface area contributed by atoms with Crippen LogP contribution in [0.2, 0.25) is 0 Å². The molecule has 192 valence electrons. The lowest BCUT2D eigenvalue weighted by Crippen LogP contribution is -2.11. The Morgan fingerprint density at radius 2 is 0.949 bits per heavy atom. The van der Waals surface area contributed by atoms with Crippen molar-refractivity contribution in [3.05, 3.63) is 118 Å². The molecule has 2 heterocycles. The van der Waals surface area contributed by atoms with Crippen LogP contribution in [-0.4, -0.2) is 17.0 Å². The second-order valence-electron chi connectivity index (χ2n) is 8.61. The molecule has 0 fully saturated rings. The van der Waals surface area contributed by atoms with Crippen LogP contribution in [0.3, 0.4) is 0 Å². The molecule has 8 nitrogen and oxygen atoms in total. The lowest BCUT2D eigenvalue weighted by atomic mass is 10.1. The first-order chi connectivity index (χ1) is 19.0. The van der Waals surface area contributed by atoms with Gasteiger partial charge in [0.05, 0.1) is 0 Å². The van der Waals surface area contributed by atoms with Gasteiger partial charge in [0.2, 0.25) is 29.1 Å². The summed E-state index contributed by atoms with van der Waals surface area (Å²) in [7, 11) is 0. The molecule has 0 bridgehead atoms. The van der Waals surface area contributed by atoms with Gasteiger partial charge in [-0.1, -0.05) is 72.8 Å². The van der Waals surface area contributed by atoms with Gasteiger partial charge in [0.1, 0.15) is 33.4 Å². The Morgan fingerprint density at radius 3 is 1.36 bits per heavy atom. The van der Waals surface area contributed by atoms with E-state index in [0.29, 0.717) is 11.1 Å². The average Bonchev–Trinajstić information content (AvgIpc) is 2.97. The molecule has 6 rings (SSSR count). The van der Waals surface area contributed by atoms with Crippen LogP contribution >= 0.6 is 0 Å². The van der Waals surface area contributed by atoms with E-state index in [9.17, 15) is 19.8 Å². The van der Waals surface area contributed by atoms with Gasteiger partial charge in [-0.05, 0) is 24.3 Å². The molecule has 0 saturated carbocycles.